The number of aliphatic hydroxyl groups excluding tert-OH is 1. The van der Waals surface area contributed by atoms with Crippen LogP contribution in [0.4, 0.5) is 5.13 Å². The molecule has 0 bridgehead atoms. The highest BCUT2D eigenvalue weighted by molar-refractivity contribution is 7.22. The molecule has 1 amide bonds. The molecular formula is C24H18N2O5S. The Kier molecular flexibility index (Phi) is 4.79. The van der Waals surface area contributed by atoms with Gasteiger partial charge >= 0.3 is 5.91 Å². The first-order valence-corrected chi connectivity index (χ1v) is 10.7. The molecule has 1 fully saturated rings. The summed E-state index contributed by atoms with van der Waals surface area (Å²) in [5, 5.41) is 11.6. The maximum Gasteiger partial charge on any atom is 0.302 e. The largest absolute Gasteiger partial charge is 0.507 e. The number of rotatable bonds is 4. The number of aromatic nitrogens is 1. The standard InChI is InChI=1S/C24H18N2O5S/c1-13-12-14(30-2)9-10-15(13)21(27)19-20(17-7-5-11-31-17)26(23(29)22(19)28)24-25-16-6-3-4-8-18(16)32-24/h3-12,20,27H,1-2H3/b21-19+. The zero-order valence-electron chi connectivity index (χ0n) is 17.2. The fourth-order valence-electron chi connectivity index (χ4n) is 3.88. The minimum absolute atomic E-state index is 0.0440. The van der Waals surface area contributed by atoms with Gasteiger partial charge in [-0.15, -0.1) is 0 Å². The van der Waals surface area contributed by atoms with E-state index >= 15 is 0 Å². The van der Waals surface area contributed by atoms with Crippen molar-refractivity contribution >= 4 is 44.1 Å². The third-order valence-corrected chi connectivity index (χ3v) is 6.47. The van der Waals surface area contributed by atoms with Gasteiger partial charge in [0.05, 0.1) is 29.2 Å². The summed E-state index contributed by atoms with van der Waals surface area (Å²) in [5.41, 5.74) is 1.81. The molecule has 7 nitrogen and oxygen atoms in total. The number of ether oxygens (including phenoxy) is 1. The smallest absolute Gasteiger partial charge is 0.302 e. The Morgan fingerprint density at radius 2 is 1.97 bits per heavy atom. The molecule has 1 unspecified atom stereocenters. The SMILES string of the molecule is COc1ccc(/C(O)=C2\C(=O)C(=O)N(c3nc4ccccc4s3)C2c2ccco2)c(C)c1. The lowest BCUT2D eigenvalue weighted by atomic mass is 9.97. The van der Waals surface area contributed by atoms with Crippen LogP contribution in [-0.2, 0) is 9.59 Å². The van der Waals surface area contributed by atoms with Crippen molar-refractivity contribution in [2.75, 3.05) is 12.0 Å². The molecule has 1 atom stereocenters. The lowest BCUT2D eigenvalue weighted by molar-refractivity contribution is -0.132. The summed E-state index contributed by atoms with van der Waals surface area (Å²) in [6, 6.07) is 15.0. The van der Waals surface area contributed by atoms with Crippen LogP contribution >= 0.6 is 11.3 Å². The summed E-state index contributed by atoms with van der Waals surface area (Å²) in [6.45, 7) is 1.79. The molecule has 0 saturated carbocycles. The summed E-state index contributed by atoms with van der Waals surface area (Å²) in [7, 11) is 1.55. The highest BCUT2D eigenvalue weighted by atomic mass is 32.1. The third-order valence-electron chi connectivity index (χ3n) is 5.43. The van der Waals surface area contributed by atoms with Gasteiger partial charge in [-0.1, -0.05) is 23.5 Å². The van der Waals surface area contributed by atoms with Gasteiger partial charge in [-0.05, 0) is 55.0 Å². The Hall–Kier alpha value is -3.91. The second kappa shape index (κ2) is 7.65. The molecule has 1 N–H and O–H groups in total. The van der Waals surface area contributed by atoms with E-state index in [1.807, 2.05) is 24.3 Å². The first-order valence-electron chi connectivity index (χ1n) is 9.84. The minimum Gasteiger partial charge on any atom is -0.507 e. The predicted octanol–water partition coefficient (Wildman–Crippen LogP) is 4.83. The molecule has 0 radical (unpaired) electrons. The van der Waals surface area contributed by atoms with Gasteiger partial charge in [0.2, 0.25) is 0 Å². The van der Waals surface area contributed by atoms with Crippen LogP contribution in [0.15, 0.2) is 70.9 Å². The number of aryl methyl sites for hydroxylation is 1. The van der Waals surface area contributed by atoms with Gasteiger partial charge in [0.15, 0.2) is 5.13 Å². The molecule has 1 aliphatic rings. The van der Waals surface area contributed by atoms with Crippen molar-refractivity contribution in [3.8, 4) is 5.75 Å². The number of ketones is 1. The fourth-order valence-corrected chi connectivity index (χ4v) is 4.88. The van der Waals surface area contributed by atoms with E-state index in [0.717, 1.165) is 10.2 Å². The van der Waals surface area contributed by atoms with Crippen molar-refractivity contribution in [2.24, 2.45) is 0 Å². The summed E-state index contributed by atoms with van der Waals surface area (Å²) in [6.07, 6.45) is 1.46. The van der Waals surface area contributed by atoms with Crippen molar-refractivity contribution < 1.29 is 23.8 Å². The van der Waals surface area contributed by atoms with Gasteiger partial charge in [-0.25, -0.2) is 4.98 Å². The molecular weight excluding hydrogens is 428 g/mol. The number of hydrogen-bond acceptors (Lipinski definition) is 7. The summed E-state index contributed by atoms with van der Waals surface area (Å²) in [4.78, 5) is 32.2. The van der Waals surface area contributed by atoms with Crippen molar-refractivity contribution in [1.82, 2.24) is 4.98 Å². The van der Waals surface area contributed by atoms with Gasteiger partial charge < -0.3 is 14.3 Å². The van der Waals surface area contributed by atoms with Crippen LogP contribution in [0.3, 0.4) is 0 Å². The molecule has 32 heavy (non-hydrogen) atoms. The summed E-state index contributed by atoms with van der Waals surface area (Å²) >= 11 is 1.30. The maximum absolute atomic E-state index is 13.2. The first-order chi connectivity index (χ1) is 15.5. The van der Waals surface area contributed by atoms with E-state index in [9.17, 15) is 14.7 Å². The van der Waals surface area contributed by atoms with Gasteiger partial charge in [0, 0.05) is 5.56 Å². The lowest BCUT2D eigenvalue weighted by Gasteiger charge is -2.20. The molecule has 1 aliphatic heterocycles. The van der Waals surface area contributed by atoms with Gasteiger partial charge in [-0.2, -0.15) is 0 Å². The quantitative estimate of drug-likeness (QED) is 0.274. The number of fused-ring (bicyclic) bond motifs is 1. The second-order valence-corrected chi connectivity index (χ2v) is 8.34. The van der Waals surface area contributed by atoms with Crippen molar-refractivity contribution in [1.29, 1.82) is 0 Å². The molecule has 4 aromatic rings. The lowest BCUT2D eigenvalue weighted by Crippen LogP contribution is -2.29. The molecule has 0 aliphatic carbocycles. The van der Waals surface area contributed by atoms with E-state index in [0.29, 0.717) is 27.8 Å². The Morgan fingerprint density at radius 3 is 2.66 bits per heavy atom. The average molecular weight is 446 g/mol. The number of thiazole rings is 1. The molecule has 160 valence electrons. The number of para-hydroxylation sites is 1. The average Bonchev–Trinajstić information content (AvgIpc) is 3.52. The van der Waals surface area contributed by atoms with Crippen molar-refractivity contribution in [3.63, 3.8) is 0 Å². The number of amides is 1. The van der Waals surface area contributed by atoms with Gasteiger partial charge in [0.1, 0.15) is 23.3 Å². The van der Waals surface area contributed by atoms with Crippen molar-refractivity contribution in [2.45, 2.75) is 13.0 Å². The Labute approximate surface area is 187 Å². The maximum atomic E-state index is 13.2. The van der Waals surface area contributed by atoms with Crippen LogP contribution in [0.2, 0.25) is 0 Å². The monoisotopic (exact) mass is 446 g/mol. The van der Waals surface area contributed by atoms with E-state index < -0.39 is 17.7 Å². The molecule has 8 heteroatoms. The van der Waals surface area contributed by atoms with Gasteiger partial charge in [0.25, 0.3) is 5.78 Å². The number of carbonyl (C=O) groups is 2. The van der Waals surface area contributed by atoms with E-state index in [-0.39, 0.29) is 11.3 Å². The molecule has 3 heterocycles. The normalized spacial score (nSPS) is 17.9. The highest BCUT2D eigenvalue weighted by Gasteiger charge is 2.49. The number of furan rings is 1. The van der Waals surface area contributed by atoms with Crippen LogP contribution < -0.4 is 9.64 Å². The van der Waals surface area contributed by atoms with Crippen LogP contribution in [0, 0.1) is 6.92 Å². The van der Waals surface area contributed by atoms with E-state index in [1.165, 1.54) is 22.5 Å². The highest BCUT2D eigenvalue weighted by Crippen LogP contribution is 2.44. The first kappa shape index (κ1) is 20.0. The number of hydrogen-bond donors (Lipinski definition) is 1. The zero-order valence-corrected chi connectivity index (χ0v) is 18.1. The third kappa shape index (κ3) is 3.07. The topological polar surface area (TPSA) is 92.9 Å². The van der Waals surface area contributed by atoms with E-state index in [2.05, 4.69) is 4.98 Å². The Balaban J connectivity index is 1.71. The van der Waals surface area contributed by atoms with Crippen LogP contribution in [0.1, 0.15) is 22.9 Å². The number of Topliss-reactive ketones (excluding diaryl/α,β-unsaturated/α-hetero) is 1. The summed E-state index contributed by atoms with van der Waals surface area (Å²) in [5.74, 6) is -0.849. The van der Waals surface area contributed by atoms with Crippen LogP contribution in [-0.4, -0.2) is 28.9 Å². The number of nitrogens with zero attached hydrogens (tertiary/aromatic N) is 2. The second-order valence-electron chi connectivity index (χ2n) is 7.33. The minimum atomic E-state index is -0.938. The molecule has 2 aromatic carbocycles. The van der Waals surface area contributed by atoms with Crippen LogP contribution in [0.5, 0.6) is 5.75 Å². The van der Waals surface area contributed by atoms with Crippen molar-refractivity contribution in [3.05, 3.63) is 83.3 Å². The Morgan fingerprint density at radius 1 is 1.16 bits per heavy atom. The summed E-state index contributed by atoms with van der Waals surface area (Å²) < 4.78 is 11.7. The molecule has 2 aromatic heterocycles. The number of carbonyl (C=O) groups excluding carboxylic acids is 2. The van der Waals surface area contributed by atoms with E-state index in [1.54, 1.807) is 44.4 Å². The Bertz CT molecular complexity index is 1350. The van der Waals surface area contributed by atoms with Crippen LogP contribution in [0.25, 0.3) is 16.0 Å². The predicted molar refractivity (Wildman–Crippen MR) is 121 cm³/mol. The number of methoxy groups -OCH3 is 1. The molecule has 5 rings (SSSR count). The van der Waals surface area contributed by atoms with E-state index in [4.69, 9.17) is 9.15 Å². The fraction of sp³-hybridized carbons (Fsp3) is 0.125. The zero-order chi connectivity index (χ0) is 22.4. The number of anilines is 1. The van der Waals surface area contributed by atoms with Gasteiger partial charge in [-0.3, -0.25) is 14.5 Å². The number of benzene rings is 2. The molecule has 1 saturated heterocycles. The molecule has 0 spiro atoms. The number of aliphatic hydroxyl groups is 1.